The van der Waals surface area contributed by atoms with Crippen LogP contribution >= 0.6 is 0 Å². The van der Waals surface area contributed by atoms with E-state index in [1.165, 1.54) is 44.1 Å². The van der Waals surface area contributed by atoms with Gasteiger partial charge in [0.05, 0.1) is 6.42 Å². The normalized spacial score (nSPS) is 36.7. The number of carbonyl (C=O) groups excluding carboxylic acids is 1. The molecule has 0 radical (unpaired) electrons. The highest BCUT2D eigenvalue weighted by Gasteiger charge is 2.51. The summed E-state index contributed by atoms with van der Waals surface area (Å²) in [6.07, 6.45) is 8.51. The fourth-order valence-electron chi connectivity index (χ4n) is 5.50. The van der Waals surface area contributed by atoms with Crippen LogP contribution in [0.4, 0.5) is 0 Å². The van der Waals surface area contributed by atoms with Gasteiger partial charge in [-0.2, -0.15) is 0 Å². The quantitative estimate of drug-likeness (QED) is 0.902. The van der Waals surface area contributed by atoms with Gasteiger partial charge >= 0.3 is 0 Å². The monoisotopic (exact) mass is 283 g/mol. The Morgan fingerprint density at radius 2 is 1.57 bits per heavy atom. The second-order valence-electron chi connectivity index (χ2n) is 7.91. The Kier molecular flexibility index (Phi) is 3.09. The molecule has 4 bridgehead atoms. The third kappa shape index (κ3) is 2.61. The lowest BCUT2D eigenvalue weighted by Gasteiger charge is -2.56. The van der Waals surface area contributed by atoms with E-state index in [1.807, 2.05) is 0 Å². The van der Waals surface area contributed by atoms with Crippen molar-refractivity contribution in [3.8, 4) is 0 Å². The average Bonchev–Trinajstić information content (AvgIpc) is 2.39. The van der Waals surface area contributed by atoms with Crippen molar-refractivity contribution in [1.29, 1.82) is 0 Å². The first kappa shape index (κ1) is 13.4. The van der Waals surface area contributed by atoms with Crippen LogP contribution < -0.4 is 5.32 Å². The molecule has 1 aromatic rings. The van der Waals surface area contributed by atoms with Crippen molar-refractivity contribution in [1.82, 2.24) is 5.32 Å². The van der Waals surface area contributed by atoms with E-state index in [1.54, 1.807) is 0 Å². The van der Waals surface area contributed by atoms with Gasteiger partial charge in [0.25, 0.3) is 0 Å². The van der Waals surface area contributed by atoms with Gasteiger partial charge in [0.15, 0.2) is 0 Å². The number of amides is 1. The molecule has 0 aromatic heterocycles. The van der Waals surface area contributed by atoms with E-state index in [0.29, 0.717) is 6.42 Å². The van der Waals surface area contributed by atoms with Gasteiger partial charge in [-0.3, -0.25) is 4.79 Å². The van der Waals surface area contributed by atoms with Crippen LogP contribution in [0.1, 0.15) is 49.7 Å². The van der Waals surface area contributed by atoms with E-state index in [2.05, 4.69) is 36.5 Å². The summed E-state index contributed by atoms with van der Waals surface area (Å²) in [5.41, 5.74) is 2.53. The fourth-order valence-corrected chi connectivity index (χ4v) is 5.50. The van der Waals surface area contributed by atoms with E-state index in [-0.39, 0.29) is 11.4 Å². The topological polar surface area (TPSA) is 29.1 Å². The first-order chi connectivity index (χ1) is 10.1. The molecular weight excluding hydrogens is 258 g/mol. The molecule has 2 heteroatoms. The summed E-state index contributed by atoms with van der Waals surface area (Å²) in [5.74, 6) is 2.88. The summed E-state index contributed by atoms with van der Waals surface area (Å²) < 4.78 is 0. The van der Waals surface area contributed by atoms with Crippen LogP contribution in [-0.2, 0) is 11.2 Å². The van der Waals surface area contributed by atoms with Gasteiger partial charge in [-0.1, -0.05) is 29.8 Å². The van der Waals surface area contributed by atoms with E-state index >= 15 is 0 Å². The Morgan fingerprint density at radius 1 is 1.05 bits per heavy atom. The molecule has 4 fully saturated rings. The highest BCUT2D eigenvalue weighted by Crippen LogP contribution is 2.55. The minimum absolute atomic E-state index is 0.149. The molecule has 4 saturated carbocycles. The standard InChI is InChI=1S/C19H25NO/c1-13-2-4-14(5-3-13)9-18(21)20-19-10-15-6-16(11-19)8-17(7-15)12-19/h2-5,15-17H,6-12H2,1H3,(H,20,21). The lowest BCUT2D eigenvalue weighted by molar-refractivity contribution is -0.126. The summed E-state index contributed by atoms with van der Waals surface area (Å²) in [6.45, 7) is 2.08. The van der Waals surface area contributed by atoms with Gasteiger partial charge in [-0.05, 0) is 68.8 Å². The van der Waals surface area contributed by atoms with Crippen molar-refractivity contribution in [3.63, 3.8) is 0 Å². The molecule has 0 aliphatic heterocycles. The second-order valence-corrected chi connectivity index (χ2v) is 7.91. The first-order valence-corrected chi connectivity index (χ1v) is 8.47. The zero-order valence-corrected chi connectivity index (χ0v) is 12.9. The molecule has 1 aromatic carbocycles. The Bertz CT molecular complexity index is 510. The van der Waals surface area contributed by atoms with Crippen molar-refractivity contribution >= 4 is 5.91 Å². The predicted molar refractivity (Wildman–Crippen MR) is 83.9 cm³/mol. The van der Waals surface area contributed by atoms with Gasteiger partial charge in [0, 0.05) is 5.54 Å². The molecule has 4 aliphatic carbocycles. The zero-order valence-electron chi connectivity index (χ0n) is 12.9. The molecule has 1 N–H and O–H groups in total. The lowest BCUT2D eigenvalue weighted by atomic mass is 9.53. The molecule has 0 spiro atoms. The average molecular weight is 283 g/mol. The maximum absolute atomic E-state index is 12.5. The van der Waals surface area contributed by atoms with Crippen molar-refractivity contribution in [2.75, 3.05) is 0 Å². The van der Waals surface area contributed by atoms with Gasteiger partial charge in [-0.25, -0.2) is 0 Å². The molecule has 21 heavy (non-hydrogen) atoms. The summed E-state index contributed by atoms with van der Waals surface area (Å²) in [7, 11) is 0. The van der Waals surface area contributed by atoms with E-state index in [9.17, 15) is 4.79 Å². The number of rotatable bonds is 3. The van der Waals surface area contributed by atoms with Crippen molar-refractivity contribution in [3.05, 3.63) is 35.4 Å². The molecule has 0 saturated heterocycles. The summed E-state index contributed by atoms with van der Waals surface area (Å²) in [5, 5.41) is 3.45. The Balaban J connectivity index is 1.43. The van der Waals surface area contributed by atoms with E-state index in [4.69, 9.17) is 0 Å². The minimum atomic E-state index is 0.149. The maximum Gasteiger partial charge on any atom is 0.224 e. The summed E-state index contributed by atoms with van der Waals surface area (Å²) >= 11 is 0. The fraction of sp³-hybridized carbons (Fsp3) is 0.632. The van der Waals surface area contributed by atoms with E-state index in [0.717, 1.165) is 23.3 Å². The smallest absolute Gasteiger partial charge is 0.224 e. The number of benzene rings is 1. The Morgan fingerprint density at radius 3 is 2.10 bits per heavy atom. The molecule has 1 amide bonds. The number of nitrogens with one attached hydrogen (secondary N) is 1. The number of hydrogen-bond donors (Lipinski definition) is 1. The van der Waals surface area contributed by atoms with Crippen molar-refractivity contribution < 1.29 is 4.79 Å². The SMILES string of the molecule is Cc1ccc(CC(=O)NC23CC4CC(CC(C4)C2)C3)cc1. The van der Waals surface area contributed by atoms with Crippen LogP contribution in [0.25, 0.3) is 0 Å². The molecule has 2 nitrogen and oxygen atoms in total. The highest BCUT2D eigenvalue weighted by atomic mass is 16.1. The Labute approximate surface area is 127 Å². The molecule has 4 aliphatic rings. The number of hydrogen-bond acceptors (Lipinski definition) is 1. The zero-order chi connectivity index (χ0) is 14.4. The first-order valence-electron chi connectivity index (χ1n) is 8.47. The van der Waals surface area contributed by atoms with Crippen molar-refractivity contribution in [2.24, 2.45) is 17.8 Å². The molecule has 0 heterocycles. The third-order valence-corrected chi connectivity index (χ3v) is 5.93. The second kappa shape index (κ2) is 4.86. The van der Waals surface area contributed by atoms with Gasteiger partial charge in [0.1, 0.15) is 0 Å². The van der Waals surface area contributed by atoms with Gasteiger partial charge in [0.2, 0.25) is 5.91 Å². The molecular formula is C19H25NO. The number of carbonyl (C=O) groups is 1. The van der Waals surface area contributed by atoms with E-state index < -0.39 is 0 Å². The van der Waals surface area contributed by atoms with Crippen LogP contribution in [0, 0.1) is 24.7 Å². The predicted octanol–water partition coefficient (Wildman–Crippen LogP) is 3.62. The van der Waals surface area contributed by atoms with Crippen LogP contribution in [0.15, 0.2) is 24.3 Å². The molecule has 5 rings (SSSR count). The summed E-state index contributed by atoms with van der Waals surface area (Å²) in [4.78, 5) is 12.5. The molecule has 0 atom stereocenters. The van der Waals surface area contributed by atoms with Crippen LogP contribution in [-0.4, -0.2) is 11.4 Å². The largest absolute Gasteiger partial charge is 0.350 e. The minimum Gasteiger partial charge on any atom is -0.350 e. The summed E-state index contributed by atoms with van der Waals surface area (Å²) in [6, 6.07) is 8.34. The highest BCUT2D eigenvalue weighted by molar-refractivity contribution is 5.79. The van der Waals surface area contributed by atoms with Crippen LogP contribution in [0.2, 0.25) is 0 Å². The van der Waals surface area contributed by atoms with Crippen LogP contribution in [0.3, 0.4) is 0 Å². The lowest BCUT2D eigenvalue weighted by Crippen LogP contribution is -2.60. The molecule has 0 unspecified atom stereocenters. The Hall–Kier alpha value is -1.31. The van der Waals surface area contributed by atoms with Crippen LogP contribution in [0.5, 0.6) is 0 Å². The van der Waals surface area contributed by atoms with Gasteiger partial charge in [-0.15, -0.1) is 0 Å². The maximum atomic E-state index is 12.5. The van der Waals surface area contributed by atoms with Crippen molar-refractivity contribution in [2.45, 2.75) is 57.4 Å². The third-order valence-electron chi connectivity index (χ3n) is 5.93. The molecule has 112 valence electrons. The number of aryl methyl sites for hydroxylation is 1. The van der Waals surface area contributed by atoms with Gasteiger partial charge < -0.3 is 5.32 Å².